The van der Waals surface area contributed by atoms with Crippen LogP contribution in [0.2, 0.25) is 0 Å². The predicted octanol–water partition coefficient (Wildman–Crippen LogP) is 6.72. The minimum absolute atomic E-state index is 0.260. The highest BCUT2D eigenvalue weighted by atomic mass is 16.4. The average Bonchev–Trinajstić information content (AvgIpc) is 3.30. The lowest BCUT2D eigenvalue weighted by molar-refractivity contribution is 0.0686. The van der Waals surface area contributed by atoms with E-state index in [4.69, 9.17) is 0 Å². The van der Waals surface area contributed by atoms with Gasteiger partial charge in [0.25, 0.3) is 0 Å². The van der Waals surface area contributed by atoms with Crippen LogP contribution in [0.3, 0.4) is 0 Å². The molecule has 1 aliphatic carbocycles. The summed E-state index contributed by atoms with van der Waals surface area (Å²) in [5.74, 6) is -1.81. The normalized spacial score (nSPS) is 17.3. The first kappa shape index (κ1) is 27.0. The third kappa shape index (κ3) is 5.15. The maximum Gasteiger partial charge on any atom is 0.336 e. The minimum Gasteiger partial charge on any atom is -0.478 e. The second-order valence-corrected chi connectivity index (χ2v) is 11.8. The Kier molecular flexibility index (Phi) is 7.90. The van der Waals surface area contributed by atoms with E-state index in [1.807, 2.05) is 24.3 Å². The zero-order valence-electron chi connectivity index (χ0n) is 23.4. The highest BCUT2D eigenvalue weighted by Crippen LogP contribution is 2.51. The van der Waals surface area contributed by atoms with Crippen LogP contribution >= 0.6 is 0 Å². The largest absolute Gasteiger partial charge is 0.478 e. The van der Waals surface area contributed by atoms with Crippen molar-refractivity contribution in [2.24, 2.45) is 0 Å². The zero-order chi connectivity index (χ0) is 27.6. The van der Waals surface area contributed by atoms with E-state index in [-0.39, 0.29) is 5.56 Å². The number of aromatic carboxylic acids is 2. The van der Waals surface area contributed by atoms with Crippen LogP contribution in [0.5, 0.6) is 0 Å². The Morgan fingerprint density at radius 1 is 0.675 bits per heavy atom. The number of piperidine rings is 2. The number of carboxylic acid groups (broad SMARTS) is 2. The molecule has 40 heavy (non-hydrogen) atoms. The molecule has 6 nitrogen and oxygen atoms in total. The standard InChI is InChI=1S/C34H40N2O4/c37-33(38)23-14-15-27-29(22-23)26-10-7-11-28-31(26)30(27)24(12-8-20-35-16-3-1-4-17-35)25(32(28)34(39)40)13-9-21-36-18-5-2-6-19-36/h7,10-11,14-15,22H,1-6,8-9,12-13,16-21H2,(H,37,38)(H,39,40). The number of fused-ring (bicyclic) bond motifs is 3. The second kappa shape index (κ2) is 11.7. The maximum absolute atomic E-state index is 12.9. The highest BCUT2D eigenvalue weighted by molar-refractivity contribution is 6.21. The minimum atomic E-state index is -0.947. The van der Waals surface area contributed by atoms with E-state index in [1.165, 1.54) is 38.5 Å². The summed E-state index contributed by atoms with van der Waals surface area (Å²) in [6.07, 6.45) is 11.1. The van der Waals surface area contributed by atoms with Crippen LogP contribution in [0.4, 0.5) is 0 Å². The molecule has 6 heteroatoms. The molecule has 0 bridgehead atoms. The highest BCUT2D eigenvalue weighted by Gasteiger charge is 2.31. The second-order valence-electron chi connectivity index (χ2n) is 11.8. The summed E-state index contributed by atoms with van der Waals surface area (Å²) >= 11 is 0. The summed E-state index contributed by atoms with van der Waals surface area (Å²) in [5.41, 5.74) is 6.87. The first-order valence-corrected chi connectivity index (χ1v) is 15.2. The molecule has 0 aromatic heterocycles. The first-order valence-electron chi connectivity index (χ1n) is 15.2. The van der Waals surface area contributed by atoms with Gasteiger partial charge in [0.2, 0.25) is 0 Å². The van der Waals surface area contributed by atoms with E-state index in [1.54, 1.807) is 12.1 Å². The van der Waals surface area contributed by atoms with Gasteiger partial charge in [-0.2, -0.15) is 0 Å². The van der Waals surface area contributed by atoms with Gasteiger partial charge in [-0.15, -0.1) is 0 Å². The van der Waals surface area contributed by atoms with Gasteiger partial charge in [0.15, 0.2) is 0 Å². The van der Waals surface area contributed by atoms with Gasteiger partial charge in [-0.05, 0) is 147 Å². The van der Waals surface area contributed by atoms with Crippen molar-refractivity contribution in [1.82, 2.24) is 9.80 Å². The molecule has 2 heterocycles. The number of hydrogen-bond acceptors (Lipinski definition) is 4. The maximum atomic E-state index is 12.9. The van der Waals surface area contributed by atoms with E-state index in [2.05, 4.69) is 9.80 Å². The van der Waals surface area contributed by atoms with Crippen LogP contribution in [0.25, 0.3) is 33.0 Å². The predicted molar refractivity (Wildman–Crippen MR) is 160 cm³/mol. The summed E-state index contributed by atoms with van der Waals surface area (Å²) < 4.78 is 0. The summed E-state index contributed by atoms with van der Waals surface area (Å²) in [6.45, 7) is 6.61. The number of carbonyl (C=O) groups is 2. The Labute approximate surface area is 236 Å². The molecule has 210 valence electrons. The molecule has 2 saturated heterocycles. The summed E-state index contributed by atoms with van der Waals surface area (Å²) in [6, 6.07) is 11.3. The molecule has 0 radical (unpaired) electrons. The van der Waals surface area contributed by atoms with Gasteiger partial charge in [0, 0.05) is 0 Å². The Hall–Kier alpha value is -3.22. The smallest absolute Gasteiger partial charge is 0.336 e. The van der Waals surface area contributed by atoms with E-state index >= 15 is 0 Å². The molecule has 3 aromatic rings. The van der Waals surface area contributed by atoms with E-state index < -0.39 is 11.9 Å². The van der Waals surface area contributed by atoms with Gasteiger partial charge in [-0.1, -0.05) is 37.1 Å². The molecule has 2 fully saturated rings. The van der Waals surface area contributed by atoms with E-state index in [9.17, 15) is 19.8 Å². The molecule has 0 spiro atoms. The number of hydrogen-bond donors (Lipinski definition) is 2. The monoisotopic (exact) mass is 540 g/mol. The Balaban J connectivity index is 1.44. The van der Waals surface area contributed by atoms with Crippen molar-refractivity contribution >= 4 is 22.7 Å². The summed E-state index contributed by atoms with van der Waals surface area (Å²) in [7, 11) is 0. The summed E-state index contributed by atoms with van der Waals surface area (Å²) in [5, 5.41) is 22.1. The fourth-order valence-corrected chi connectivity index (χ4v) is 7.41. The van der Waals surface area contributed by atoms with Crippen molar-refractivity contribution < 1.29 is 19.8 Å². The van der Waals surface area contributed by atoms with Gasteiger partial charge < -0.3 is 20.0 Å². The fraction of sp³-hybridized carbons (Fsp3) is 0.471. The molecule has 2 N–H and O–H groups in total. The fourth-order valence-electron chi connectivity index (χ4n) is 7.41. The van der Waals surface area contributed by atoms with Crippen LogP contribution in [-0.2, 0) is 12.8 Å². The number of rotatable bonds is 10. The van der Waals surface area contributed by atoms with E-state index in [0.29, 0.717) is 5.56 Å². The van der Waals surface area contributed by atoms with Crippen molar-refractivity contribution in [3.8, 4) is 22.3 Å². The number of benzene rings is 3. The van der Waals surface area contributed by atoms with Crippen molar-refractivity contribution in [3.63, 3.8) is 0 Å². The van der Waals surface area contributed by atoms with E-state index in [0.717, 1.165) is 109 Å². The Morgan fingerprint density at radius 3 is 1.90 bits per heavy atom. The lowest BCUT2D eigenvalue weighted by atomic mass is 9.84. The molecule has 3 aliphatic rings. The number of likely N-dealkylation sites (tertiary alicyclic amines) is 2. The van der Waals surface area contributed by atoms with Gasteiger partial charge in [-0.25, -0.2) is 9.59 Å². The van der Waals surface area contributed by atoms with Gasteiger partial charge in [0.05, 0.1) is 11.1 Å². The molecule has 2 aliphatic heterocycles. The summed E-state index contributed by atoms with van der Waals surface area (Å²) in [4.78, 5) is 29.9. The third-order valence-corrected chi connectivity index (χ3v) is 9.29. The first-order chi connectivity index (χ1) is 19.5. The molecule has 0 atom stereocenters. The van der Waals surface area contributed by atoms with Crippen LogP contribution < -0.4 is 0 Å². The van der Waals surface area contributed by atoms with Crippen molar-refractivity contribution in [1.29, 1.82) is 0 Å². The molecule has 0 saturated carbocycles. The third-order valence-electron chi connectivity index (χ3n) is 9.29. The Morgan fingerprint density at radius 2 is 1.30 bits per heavy atom. The lowest BCUT2D eigenvalue weighted by Crippen LogP contribution is -2.31. The number of carboxylic acids is 2. The van der Waals surface area contributed by atoms with Crippen LogP contribution in [0, 0.1) is 0 Å². The van der Waals surface area contributed by atoms with Crippen molar-refractivity contribution in [2.75, 3.05) is 39.3 Å². The Bertz CT molecular complexity index is 1430. The molecule has 3 aromatic carbocycles. The molecule has 6 rings (SSSR count). The lowest BCUT2D eigenvalue weighted by Gasteiger charge is -2.28. The van der Waals surface area contributed by atoms with Gasteiger partial charge in [0.1, 0.15) is 0 Å². The van der Waals surface area contributed by atoms with Crippen LogP contribution in [0.15, 0.2) is 36.4 Å². The topological polar surface area (TPSA) is 81.1 Å². The molecule has 0 amide bonds. The van der Waals surface area contributed by atoms with Gasteiger partial charge in [-0.3, -0.25) is 0 Å². The molecular weight excluding hydrogens is 500 g/mol. The number of nitrogens with zero attached hydrogens (tertiary/aromatic N) is 2. The average molecular weight is 541 g/mol. The zero-order valence-corrected chi connectivity index (χ0v) is 23.4. The molecular formula is C34H40N2O4. The van der Waals surface area contributed by atoms with Crippen molar-refractivity contribution in [2.45, 2.75) is 64.2 Å². The van der Waals surface area contributed by atoms with Crippen molar-refractivity contribution in [3.05, 3.63) is 58.7 Å². The van der Waals surface area contributed by atoms with Gasteiger partial charge >= 0.3 is 11.9 Å². The van der Waals surface area contributed by atoms with Crippen LogP contribution in [-0.4, -0.2) is 71.2 Å². The van der Waals surface area contributed by atoms with Crippen LogP contribution in [0.1, 0.15) is 83.2 Å². The quantitative estimate of drug-likeness (QED) is 0.232. The SMILES string of the molecule is O=C(O)c1ccc2c(c1)-c1cccc3c(C(=O)O)c(CCCN4CCCCC4)c(CCCN4CCCCC4)c-2c13. The molecule has 0 unspecified atom stereocenters.